The Kier molecular flexibility index (Phi) is 6.99. The highest BCUT2D eigenvalue weighted by Crippen LogP contribution is 2.27. The first-order valence-corrected chi connectivity index (χ1v) is 12.4. The molecule has 1 aliphatic heterocycles. The molecule has 0 radical (unpaired) electrons. The van der Waals surface area contributed by atoms with E-state index in [1.54, 1.807) is 34.3 Å². The monoisotopic (exact) mass is 499 g/mol. The Balaban J connectivity index is 1.16. The van der Waals surface area contributed by atoms with Crippen LogP contribution in [0.5, 0.6) is 5.88 Å². The fourth-order valence-electron chi connectivity index (χ4n) is 4.09. The molecular weight excluding hydrogens is 474 g/mol. The second-order valence-corrected chi connectivity index (χ2v) is 9.13. The predicted octanol–water partition coefficient (Wildman–Crippen LogP) is 4.36. The second-order valence-electron chi connectivity index (χ2n) is 8.28. The minimum Gasteiger partial charge on any atom is -0.481 e. The number of methoxy groups -OCH3 is 1. The molecule has 182 valence electrons. The van der Waals surface area contributed by atoms with Gasteiger partial charge >= 0.3 is 0 Å². The van der Waals surface area contributed by atoms with Gasteiger partial charge < -0.3 is 19.3 Å². The van der Waals surface area contributed by atoms with E-state index in [1.807, 2.05) is 54.6 Å². The van der Waals surface area contributed by atoms with Crippen LogP contribution in [0.3, 0.4) is 0 Å². The van der Waals surface area contributed by atoms with E-state index in [0.29, 0.717) is 43.2 Å². The van der Waals surface area contributed by atoms with Gasteiger partial charge in [0, 0.05) is 66.8 Å². The van der Waals surface area contributed by atoms with Crippen LogP contribution in [-0.4, -0.2) is 64.9 Å². The number of nitrogens with zero attached hydrogens (tertiary/aromatic N) is 4. The van der Waals surface area contributed by atoms with E-state index in [1.165, 1.54) is 19.1 Å². The highest BCUT2D eigenvalue weighted by molar-refractivity contribution is 8.00. The smallest absolute Gasteiger partial charge is 0.254 e. The largest absolute Gasteiger partial charge is 0.481 e. The van der Waals surface area contributed by atoms with Crippen molar-refractivity contribution in [2.75, 3.05) is 38.0 Å². The molecule has 36 heavy (non-hydrogen) atoms. The number of hydrogen-bond acceptors (Lipinski definition) is 7. The van der Waals surface area contributed by atoms with Crippen molar-refractivity contribution in [2.45, 2.75) is 4.90 Å². The number of para-hydroxylation sites is 1. The number of anilines is 1. The van der Waals surface area contributed by atoms with E-state index in [4.69, 9.17) is 4.74 Å². The number of nitrogens with one attached hydrogen (secondary N) is 1. The molecule has 8 nitrogen and oxygen atoms in total. The molecule has 9 heteroatoms. The summed E-state index contributed by atoms with van der Waals surface area (Å²) < 4.78 is 8.44. The average Bonchev–Trinajstić information content (AvgIpc) is 2.95. The lowest BCUT2D eigenvalue weighted by atomic mass is 10.1. The third kappa shape index (κ3) is 5.11. The number of aromatic nitrogens is 2. The van der Waals surface area contributed by atoms with Crippen molar-refractivity contribution in [1.82, 2.24) is 19.8 Å². The Labute approximate surface area is 213 Å². The lowest BCUT2D eigenvalue weighted by molar-refractivity contribution is 0.0535. The van der Waals surface area contributed by atoms with Crippen LogP contribution in [0.2, 0.25) is 0 Å². The molecule has 1 N–H and O–H groups in total. The molecule has 0 aliphatic carbocycles. The molecule has 2 aromatic carbocycles. The standard InChI is InChI=1S/C27H25N5O3S/c1-35-24-18-21(11-13-28-24)27(34)32-16-14-31(15-17-32)26(33)20-7-9-22(10-8-20)30-36-23-6-2-4-19-5-3-12-29-25(19)23/h2-13,18,30H,14-17H2,1H3. The molecule has 0 bridgehead atoms. The van der Waals surface area contributed by atoms with Gasteiger partial charge in [-0.15, -0.1) is 0 Å². The molecule has 2 aromatic heterocycles. The Morgan fingerprint density at radius 3 is 2.25 bits per heavy atom. The SMILES string of the molecule is COc1cc(C(=O)N2CCN(C(=O)c3ccc(NSc4cccc5cccnc45)cc3)CC2)ccn1. The molecule has 1 fully saturated rings. The van der Waals surface area contributed by atoms with Gasteiger partial charge in [-0.05, 0) is 54.4 Å². The first-order chi connectivity index (χ1) is 17.6. The van der Waals surface area contributed by atoms with E-state index in [9.17, 15) is 9.59 Å². The highest BCUT2D eigenvalue weighted by atomic mass is 32.2. The van der Waals surface area contributed by atoms with Gasteiger partial charge in [0.05, 0.1) is 17.5 Å². The van der Waals surface area contributed by atoms with Crippen molar-refractivity contribution in [2.24, 2.45) is 0 Å². The van der Waals surface area contributed by atoms with Crippen LogP contribution in [-0.2, 0) is 0 Å². The topological polar surface area (TPSA) is 87.7 Å². The summed E-state index contributed by atoms with van der Waals surface area (Å²) in [4.78, 5) is 38.9. The number of amides is 2. The zero-order valence-electron chi connectivity index (χ0n) is 19.8. The van der Waals surface area contributed by atoms with Gasteiger partial charge in [0.1, 0.15) is 0 Å². The zero-order chi connectivity index (χ0) is 24.9. The molecule has 0 unspecified atom stereocenters. The molecule has 1 aliphatic rings. The van der Waals surface area contributed by atoms with Gasteiger partial charge in [-0.25, -0.2) is 4.98 Å². The van der Waals surface area contributed by atoms with E-state index >= 15 is 0 Å². The lowest BCUT2D eigenvalue weighted by Gasteiger charge is -2.35. The van der Waals surface area contributed by atoms with Crippen LogP contribution in [0.25, 0.3) is 10.9 Å². The van der Waals surface area contributed by atoms with Gasteiger partial charge in [0.15, 0.2) is 0 Å². The van der Waals surface area contributed by atoms with Gasteiger partial charge in [-0.3, -0.25) is 14.6 Å². The quantitative estimate of drug-likeness (QED) is 0.395. The summed E-state index contributed by atoms with van der Waals surface area (Å²) in [6.07, 6.45) is 3.35. The van der Waals surface area contributed by atoms with Crippen molar-refractivity contribution in [1.29, 1.82) is 0 Å². The number of ether oxygens (including phenoxy) is 1. The predicted molar refractivity (Wildman–Crippen MR) is 140 cm³/mol. The first-order valence-electron chi connectivity index (χ1n) is 11.6. The maximum atomic E-state index is 13.0. The minimum atomic E-state index is -0.0860. The van der Waals surface area contributed by atoms with Crippen LogP contribution >= 0.6 is 11.9 Å². The Morgan fingerprint density at radius 2 is 1.53 bits per heavy atom. The van der Waals surface area contributed by atoms with E-state index in [0.717, 1.165) is 21.5 Å². The van der Waals surface area contributed by atoms with E-state index in [-0.39, 0.29) is 11.8 Å². The number of rotatable bonds is 6. The summed E-state index contributed by atoms with van der Waals surface area (Å²) >= 11 is 1.49. The van der Waals surface area contributed by atoms with Gasteiger partial charge in [0.25, 0.3) is 11.8 Å². The fraction of sp³-hybridized carbons (Fsp3) is 0.185. The lowest BCUT2D eigenvalue weighted by Crippen LogP contribution is -2.50. The van der Waals surface area contributed by atoms with Gasteiger partial charge in [-0.1, -0.05) is 18.2 Å². The average molecular weight is 500 g/mol. The maximum Gasteiger partial charge on any atom is 0.254 e. The number of hydrogen-bond donors (Lipinski definition) is 1. The van der Waals surface area contributed by atoms with Crippen molar-refractivity contribution in [3.05, 3.63) is 90.3 Å². The minimum absolute atomic E-state index is 0.0369. The number of carbonyl (C=O) groups is 2. The Bertz CT molecular complexity index is 1380. The third-order valence-electron chi connectivity index (χ3n) is 6.05. The summed E-state index contributed by atoms with van der Waals surface area (Å²) in [5.41, 5.74) is 3.00. The molecule has 4 aromatic rings. The van der Waals surface area contributed by atoms with Crippen LogP contribution < -0.4 is 9.46 Å². The van der Waals surface area contributed by atoms with Gasteiger partial charge in [-0.2, -0.15) is 0 Å². The van der Waals surface area contributed by atoms with Gasteiger partial charge in [0.2, 0.25) is 5.88 Å². The van der Waals surface area contributed by atoms with Crippen molar-refractivity contribution in [3.63, 3.8) is 0 Å². The zero-order valence-corrected chi connectivity index (χ0v) is 20.6. The van der Waals surface area contributed by atoms with Crippen molar-refractivity contribution >= 4 is 40.4 Å². The molecule has 0 saturated carbocycles. The van der Waals surface area contributed by atoms with Crippen LogP contribution in [0.1, 0.15) is 20.7 Å². The number of carbonyl (C=O) groups excluding carboxylic acids is 2. The maximum absolute atomic E-state index is 13.0. The summed E-state index contributed by atoms with van der Waals surface area (Å²) in [5.74, 6) is 0.280. The molecule has 5 rings (SSSR count). The molecule has 3 heterocycles. The third-order valence-corrected chi connectivity index (χ3v) is 6.94. The summed E-state index contributed by atoms with van der Waals surface area (Å²) in [5, 5.41) is 1.09. The summed E-state index contributed by atoms with van der Waals surface area (Å²) in [6.45, 7) is 1.92. The van der Waals surface area contributed by atoms with Crippen LogP contribution in [0.15, 0.2) is 84.0 Å². The number of fused-ring (bicyclic) bond motifs is 1. The summed E-state index contributed by atoms with van der Waals surface area (Å²) in [7, 11) is 1.52. The molecule has 0 atom stereocenters. The Morgan fingerprint density at radius 1 is 0.833 bits per heavy atom. The Hall–Kier alpha value is -4.11. The van der Waals surface area contributed by atoms with Crippen molar-refractivity contribution in [3.8, 4) is 5.88 Å². The number of benzene rings is 2. The number of piperazine rings is 1. The normalized spacial score (nSPS) is 13.5. The highest BCUT2D eigenvalue weighted by Gasteiger charge is 2.25. The molecule has 1 saturated heterocycles. The second kappa shape index (κ2) is 10.7. The van der Waals surface area contributed by atoms with Crippen LogP contribution in [0.4, 0.5) is 5.69 Å². The fourth-order valence-corrected chi connectivity index (χ4v) is 4.86. The molecule has 0 spiro atoms. The van der Waals surface area contributed by atoms with Crippen LogP contribution in [0, 0.1) is 0 Å². The molecule has 2 amide bonds. The molecular formula is C27H25N5O3S. The van der Waals surface area contributed by atoms with E-state index < -0.39 is 0 Å². The van der Waals surface area contributed by atoms with E-state index in [2.05, 4.69) is 14.7 Å². The summed E-state index contributed by atoms with van der Waals surface area (Å²) in [6, 6.07) is 20.8. The first kappa shape index (κ1) is 23.6. The van der Waals surface area contributed by atoms with Crippen molar-refractivity contribution < 1.29 is 14.3 Å². The number of pyridine rings is 2.